The van der Waals surface area contributed by atoms with E-state index in [-0.39, 0.29) is 13.2 Å². The summed E-state index contributed by atoms with van der Waals surface area (Å²) in [5, 5.41) is 12.7. The number of aliphatic hydroxyl groups is 1. The van der Waals surface area contributed by atoms with Gasteiger partial charge in [-0.25, -0.2) is 0 Å². The van der Waals surface area contributed by atoms with Crippen LogP contribution in [0, 0.1) is 0 Å². The highest BCUT2D eigenvalue weighted by atomic mass is 16.7. The molecule has 3 aromatic carbocycles. The smallest absolute Gasteiger partial charge is 0.143 e. The van der Waals surface area contributed by atoms with Crippen molar-refractivity contribution in [1.82, 2.24) is 5.06 Å². The van der Waals surface area contributed by atoms with Crippen molar-refractivity contribution in [3.05, 3.63) is 95.6 Å². The van der Waals surface area contributed by atoms with Crippen LogP contribution in [0.5, 0.6) is 11.5 Å². The van der Waals surface area contributed by atoms with Gasteiger partial charge in [-0.05, 0) is 41.0 Å². The largest absolute Gasteiger partial charge is 0.497 e. The van der Waals surface area contributed by atoms with E-state index in [1.807, 2.05) is 78.9 Å². The molecule has 0 spiro atoms. The molecule has 1 N–H and O–H groups in total. The third kappa shape index (κ3) is 4.20. The molecule has 184 valence electrons. The summed E-state index contributed by atoms with van der Waals surface area (Å²) in [5.74, 6) is 1.46. The van der Waals surface area contributed by atoms with Crippen LogP contribution in [-0.4, -0.2) is 69.0 Å². The number of rotatable bonds is 8. The monoisotopic (exact) mass is 479 g/mol. The molecular formula is C28H31NO6. The average Bonchev–Trinajstić information content (AvgIpc) is 3.05. The summed E-state index contributed by atoms with van der Waals surface area (Å²) in [4.78, 5) is 5.65. The lowest BCUT2D eigenvalue weighted by Crippen LogP contribution is -2.60. The summed E-state index contributed by atoms with van der Waals surface area (Å²) in [6, 6.07) is 25.4. The van der Waals surface area contributed by atoms with E-state index in [1.165, 1.54) is 0 Å². The SMILES string of the molecule is [3H][C@@H]1O[C@@]2(COC(c3ccccc3)(c3ccc(OC)cc3)c3ccc(OC)cc3)CN(C)O[C@H]1C2O. The van der Waals surface area contributed by atoms with Crippen molar-refractivity contribution in [3.63, 3.8) is 0 Å². The third-order valence-electron chi connectivity index (χ3n) is 6.79. The van der Waals surface area contributed by atoms with E-state index in [4.69, 9.17) is 25.2 Å². The van der Waals surface area contributed by atoms with Crippen molar-refractivity contribution in [2.45, 2.75) is 23.4 Å². The number of hydroxylamine groups is 2. The van der Waals surface area contributed by atoms with Gasteiger partial charge in [-0.3, -0.25) is 4.84 Å². The Hall–Kier alpha value is -2.94. The van der Waals surface area contributed by atoms with Gasteiger partial charge in [-0.15, -0.1) is 0 Å². The summed E-state index contributed by atoms with van der Waals surface area (Å²) < 4.78 is 32.1. The zero-order chi connectivity index (χ0) is 25.3. The van der Waals surface area contributed by atoms with Crippen LogP contribution in [0.15, 0.2) is 78.9 Å². The second-order valence-corrected chi connectivity index (χ2v) is 8.91. The lowest BCUT2D eigenvalue weighted by molar-refractivity contribution is -0.261. The van der Waals surface area contributed by atoms with Gasteiger partial charge in [0, 0.05) is 7.05 Å². The van der Waals surface area contributed by atoms with Crippen molar-refractivity contribution >= 4 is 0 Å². The third-order valence-corrected chi connectivity index (χ3v) is 6.79. The summed E-state index contributed by atoms with van der Waals surface area (Å²) in [6.45, 7) is -0.724. The van der Waals surface area contributed by atoms with Crippen LogP contribution < -0.4 is 9.47 Å². The minimum Gasteiger partial charge on any atom is -0.497 e. The number of fused-ring (bicyclic) bond motifs is 2. The number of likely N-dealkylation sites (N-methyl/N-ethyl adjacent to an activating group) is 1. The summed E-state index contributed by atoms with van der Waals surface area (Å²) in [6.07, 6.45) is -1.78. The first kappa shape index (κ1) is 22.5. The number of ether oxygens (including phenoxy) is 4. The molecule has 2 aliphatic rings. The van der Waals surface area contributed by atoms with Crippen LogP contribution in [0.3, 0.4) is 0 Å². The maximum atomic E-state index is 11.1. The lowest BCUT2D eigenvalue weighted by atomic mass is 9.79. The number of aliphatic hydroxyl groups excluding tert-OH is 1. The molecule has 0 aliphatic carbocycles. The van der Waals surface area contributed by atoms with Crippen LogP contribution >= 0.6 is 0 Å². The fourth-order valence-corrected chi connectivity index (χ4v) is 4.95. The van der Waals surface area contributed by atoms with E-state index in [0.29, 0.717) is 0 Å². The van der Waals surface area contributed by atoms with Crippen molar-refractivity contribution < 1.29 is 30.3 Å². The van der Waals surface area contributed by atoms with Gasteiger partial charge in [0.15, 0.2) is 0 Å². The predicted octanol–water partition coefficient (Wildman–Crippen LogP) is 3.39. The van der Waals surface area contributed by atoms with Crippen LogP contribution in [0.25, 0.3) is 0 Å². The van der Waals surface area contributed by atoms with Crippen molar-refractivity contribution in [2.24, 2.45) is 0 Å². The van der Waals surface area contributed by atoms with E-state index >= 15 is 0 Å². The number of benzene rings is 3. The Morgan fingerprint density at radius 3 is 2.03 bits per heavy atom. The molecule has 2 bridgehead atoms. The number of methoxy groups -OCH3 is 2. The Morgan fingerprint density at radius 1 is 0.943 bits per heavy atom. The van der Waals surface area contributed by atoms with Gasteiger partial charge >= 0.3 is 0 Å². The maximum absolute atomic E-state index is 11.1. The van der Waals surface area contributed by atoms with Crippen LogP contribution in [-0.2, 0) is 19.9 Å². The molecule has 7 nitrogen and oxygen atoms in total. The molecule has 5 rings (SSSR count). The molecule has 0 amide bonds. The van der Waals surface area contributed by atoms with Crippen LogP contribution in [0.4, 0.5) is 0 Å². The van der Waals surface area contributed by atoms with Crippen LogP contribution in [0.1, 0.15) is 18.1 Å². The summed E-state index contributed by atoms with van der Waals surface area (Å²) in [5.41, 5.74) is 0.488. The standard InChI is InChI=1S/C28H31NO6/c1-29-18-27(26(30)25(35-29)17-33-27)19-34-28(20-7-5-4-6-8-20,21-9-13-23(31-2)14-10-21)22-11-15-24(32-3)16-12-22/h4-16,25-26,30H,17-19H2,1-3H3/t25-,26?,27-/m1/s1/i17T/t17-,25+,26?,27+/m0. The Kier molecular flexibility index (Phi) is 6.18. The van der Waals surface area contributed by atoms with Gasteiger partial charge in [0.1, 0.15) is 34.9 Å². The van der Waals surface area contributed by atoms with Crippen LogP contribution in [0.2, 0.25) is 0 Å². The second kappa shape index (κ2) is 9.60. The van der Waals surface area contributed by atoms with Gasteiger partial charge in [-0.1, -0.05) is 54.6 Å². The molecule has 2 heterocycles. The maximum Gasteiger partial charge on any atom is 0.143 e. The minimum atomic E-state index is -1.12. The second-order valence-electron chi connectivity index (χ2n) is 8.91. The van der Waals surface area contributed by atoms with Crippen molar-refractivity contribution in [1.29, 1.82) is 0 Å². The fourth-order valence-electron chi connectivity index (χ4n) is 4.95. The molecule has 35 heavy (non-hydrogen) atoms. The molecule has 0 radical (unpaired) electrons. The number of hydrogen-bond donors (Lipinski definition) is 1. The van der Waals surface area contributed by atoms with Gasteiger partial charge in [0.05, 0.1) is 35.3 Å². The first-order valence-electron chi connectivity index (χ1n) is 12.1. The molecule has 4 atom stereocenters. The Morgan fingerprint density at radius 2 is 1.49 bits per heavy atom. The van der Waals surface area contributed by atoms with Gasteiger partial charge in [0.2, 0.25) is 0 Å². The minimum absolute atomic E-state index is 0.0285. The Labute approximate surface area is 207 Å². The zero-order valence-electron chi connectivity index (χ0n) is 21.1. The first-order valence-corrected chi connectivity index (χ1v) is 11.6. The Bertz CT molecular complexity index is 1110. The van der Waals surface area contributed by atoms with Gasteiger partial charge in [-0.2, -0.15) is 5.06 Å². The highest BCUT2D eigenvalue weighted by molar-refractivity contribution is 5.49. The van der Waals surface area contributed by atoms with E-state index in [9.17, 15) is 5.11 Å². The van der Waals surface area contributed by atoms with Crippen molar-refractivity contribution in [3.8, 4) is 11.5 Å². The molecule has 2 aliphatic heterocycles. The fraction of sp³-hybridized carbons (Fsp3) is 0.357. The molecule has 3 aromatic rings. The van der Waals surface area contributed by atoms with E-state index < -0.39 is 30.0 Å². The topological polar surface area (TPSA) is 69.6 Å². The molecule has 1 unspecified atom stereocenters. The molecule has 0 saturated carbocycles. The van der Waals surface area contributed by atoms with Gasteiger partial charge in [0.25, 0.3) is 0 Å². The molecule has 7 heteroatoms. The van der Waals surface area contributed by atoms with E-state index in [1.54, 1.807) is 26.3 Å². The highest BCUT2D eigenvalue weighted by Gasteiger charge is 2.56. The molecule has 0 aromatic heterocycles. The zero-order valence-corrected chi connectivity index (χ0v) is 20.1. The van der Waals surface area contributed by atoms with Crippen molar-refractivity contribution in [2.75, 3.05) is 41.0 Å². The van der Waals surface area contributed by atoms with Gasteiger partial charge < -0.3 is 24.1 Å². The quantitative estimate of drug-likeness (QED) is 0.497. The predicted molar refractivity (Wildman–Crippen MR) is 130 cm³/mol. The normalized spacial score (nSPS) is 26.9. The first-order chi connectivity index (χ1) is 17.4. The lowest BCUT2D eigenvalue weighted by Gasteiger charge is -2.43. The molecule has 2 fully saturated rings. The number of hydrogen-bond acceptors (Lipinski definition) is 7. The average molecular weight is 480 g/mol. The summed E-state index contributed by atoms with van der Waals surface area (Å²) >= 11 is 0. The summed E-state index contributed by atoms with van der Waals surface area (Å²) in [7, 11) is 5.03. The highest BCUT2D eigenvalue weighted by Crippen LogP contribution is 2.44. The van der Waals surface area contributed by atoms with E-state index in [2.05, 4.69) is 0 Å². The number of nitrogens with zero attached hydrogens (tertiary/aromatic N) is 1. The van der Waals surface area contributed by atoms with E-state index in [0.717, 1.165) is 28.2 Å². The Balaban J connectivity index is 1.64. The molecular weight excluding hydrogens is 446 g/mol. The molecule has 2 saturated heterocycles.